The Bertz CT molecular complexity index is 966. The van der Waals surface area contributed by atoms with Crippen molar-refractivity contribution in [3.8, 4) is 0 Å². The van der Waals surface area contributed by atoms with E-state index in [1.54, 1.807) is 4.68 Å². The van der Waals surface area contributed by atoms with Gasteiger partial charge in [0.25, 0.3) is 5.91 Å². The lowest BCUT2D eigenvalue weighted by Gasteiger charge is -2.29. The van der Waals surface area contributed by atoms with Crippen LogP contribution in [0.1, 0.15) is 47.9 Å². The third-order valence-electron chi connectivity index (χ3n) is 5.03. The number of imidazole rings is 1. The molecule has 3 heterocycles. The van der Waals surface area contributed by atoms with Crippen molar-refractivity contribution in [3.05, 3.63) is 41.5 Å². The van der Waals surface area contributed by atoms with Gasteiger partial charge in [0.05, 0.1) is 23.1 Å². The zero-order chi connectivity index (χ0) is 17.7. The molecule has 0 N–H and O–H groups in total. The second-order valence-electron chi connectivity index (χ2n) is 7.08. The van der Waals surface area contributed by atoms with Crippen LogP contribution in [0.2, 0.25) is 0 Å². The van der Waals surface area contributed by atoms with Crippen molar-refractivity contribution in [1.29, 1.82) is 0 Å². The summed E-state index contributed by atoms with van der Waals surface area (Å²) in [6, 6.07) is 6.02. The Balaban J connectivity index is 1.78. The Morgan fingerprint density at radius 3 is 2.76 bits per heavy atom. The number of amides is 1. The van der Waals surface area contributed by atoms with Crippen molar-refractivity contribution in [2.24, 2.45) is 14.1 Å². The number of anilines is 1. The molecule has 0 bridgehead atoms. The number of hydrogen-bond acceptors (Lipinski definition) is 3. The number of carbonyl (C=O) groups is 1. The molecular weight excluding hydrogens is 314 g/mol. The number of carbonyl (C=O) groups excluding carboxylic acids is 1. The molecule has 0 saturated heterocycles. The zero-order valence-electron chi connectivity index (χ0n) is 15.2. The van der Waals surface area contributed by atoms with Crippen LogP contribution in [0.3, 0.4) is 0 Å². The van der Waals surface area contributed by atoms with Crippen LogP contribution in [0.5, 0.6) is 0 Å². The molecule has 0 spiro atoms. The highest BCUT2D eigenvalue weighted by atomic mass is 16.2. The Labute approximate surface area is 147 Å². The number of benzene rings is 1. The smallest absolute Gasteiger partial charge is 0.276 e. The molecule has 1 amide bonds. The highest BCUT2D eigenvalue weighted by Crippen LogP contribution is 2.33. The molecule has 0 atom stereocenters. The molecule has 6 heteroatoms. The summed E-state index contributed by atoms with van der Waals surface area (Å²) in [5.41, 5.74) is 5.85. The molecule has 2 aromatic heterocycles. The molecular formula is C19H23N5O. The van der Waals surface area contributed by atoms with E-state index >= 15 is 0 Å². The van der Waals surface area contributed by atoms with E-state index in [0.29, 0.717) is 11.6 Å². The summed E-state index contributed by atoms with van der Waals surface area (Å²) < 4.78 is 3.72. The number of hydrogen-bond donors (Lipinski definition) is 0. The van der Waals surface area contributed by atoms with Crippen LogP contribution in [0, 0.1) is 0 Å². The fraction of sp³-hybridized carbons (Fsp3) is 0.421. The molecule has 3 aromatic rings. The van der Waals surface area contributed by atoms with Crippen molar-refractivity contribution in [1.82, 2.24) is 19.3 Å². The van der Waals surface area contributed by atoms with Crippen LogP contribution in [0.25, 0.3) is 11.0 Å². The quantitative estimate of drug-likeness (QED) is 0.722. The minimum atomic E-state index is 0.0122. The number of rotatable bonds is 2. The van der Waals surface area contributed by atoms with E-state index < -0.39 is 0 Å². The maximum atomic E-state index is 13.2. The average molecular weight is 337 g/mol. The van der Waals surface area contributed by atoms with Crippen molar-refractivity contribution >= 4 is 22.6 Å². The largest absolute Gasteiger partial charge is 0.334 e. The average Bonchev–Trinajstić information content (AvgIpc) is 3.17. The lowest BCUT2D eigenvalue weighted by molar-refractivity contribution is 0.0976. The minimum Gasteiger partial charge on any atom is -0.334 e. The first-order valence-electron chi connectivity index (χ1n) is 8.76. The van der Waals surface area contributed by atoms with E-state index in [1.165, 1.54) is 5.56 Å². The van der Waals surface area contributed by atoms with Crippen molar-refractivity contribution in [2.45, 2.75) is 32.6 Å². The third kappa shape index (κ3) is 2.44. The van der Waals surface area contributed by atoms with Crippen LogP contribution < -0.4 is 4.90 Å². The second-order valence-corrected chi connectivity index (χ2v) is 7.08. The first-order valence-corrected chi connectivity index (χ1v) is 8.76. The Morgan fingerprint density at radius 1 is 1.24 bits per heavy atom. The lowest BCUT2D eigenvalue weighted by atomic mass is 9.99. The van der Waals surface area contributed by atoms with Gasteiger partial charge in [-0.1, -0.05) is 13.8 Å². The third-order valence-corrected chi connectivity index (χ3v) is 5.03. The van der Waals surface area contributed by atoms with Gasteiger partial charge < -0.3 is 9.47 Å². The lowest BCUT2D eigenvalue weighted by Crippen LogP contribution is -2.36. The molecule has 1 aliphatic rings. The Hall–Kier alpha value is -2.63. The molecule has 0 fully saturated rings. The van der Waals surface area contributed by atoms with Crippen LogP contribution in [0.15, 0.2) is 24.5 Å². The molecule has 0 radical (unpaired) electrons. The van der Waals surface area contributed by atoms with E-state index in [4.69, 9.17) is 0 Å². The van der Waals surface area contributed by atoms with E-state index in [2.05, 4.69) is 36.1 Å². The summed E-state index contributed by atoms with van der Waals surface area (Å²) in [5, 5.41) is 4.49. The first-order chi connectivity index (χ1) is 12.0. The number of nitrogens with zero attached hydrogens (tertiary/aromatic N) is 5. The fourth-order valence-electron chi connectivity index (χ4n) is 3.60. The van der Waals surface area contributed by atoms with Crippen LogP contribution in [0.4, 0.5) is 5.69 Å². The standard InChI is InChI=1S/C19H23N5O/c1-12(2)14-10-17(23(4)21-14)19(25)24-9-5-6-13-15(24)7-8-16-18(13)20-11-22(16)3/h7-8,10-12H,5-6,9H2,1-4H3. The van der Waals surface area contributed by atoms with Crippen LogP contribution >= 0.6 is 0 Å². The van der Waals surface area contributed by atoms with Gasteiger partial charge in [-0.25, -0.2) is 4.98 Å². The van der Waals surface area contributed by atoms with Gasteiger partial charge >= 0.3 is 0 Å². The van der Waals surface area contributed by atoms with E-state index in [1.807, 2.05) is 36.0 Å². The normalized spacial score (nSPS) is 14.4. The highest BCUT2D eigenvalue weighted by molar-refractivity contribution is 6.07. The van der Waals surface area contributed by atoms with Gasteiger partial charge in [0, 0.05) is 31.9 Å². The van der Waals surface area contributed by atoms with Gasteiger partial charge in [-0.3, -0.25) is 9.48 Å². The number of aryl methyl sites for hydroxylation is 3. The summed E-state index contributed by atoms with van der Waals surface area (Å²) in [7, 11) is 3.84. The Kier molecular flexibility index (Phi) is 3.63. The molecule has 4 rings (SSSR count). The molecule has 1 aliphatic heterocycles. The molecule has 130 valence electrons. The van der Waals surface area contributed by atoms with E-state index in [9.17, 15) is 4.79 Å². The summed E-state index contributed by atoms with van der Waals surface area (Å²) >= 11 is 0. The summed E-state index contributed by atoms with van der Waals surface area (Å²) in [6.07, 6.45) is 3.74. The predicted octanol–water partition coefficient (Wildman–Crippen LogP) is 3.02. The highest BCUT2D eigenvalue weighted by Gasteiger charge is 2.28. The van der Waals surface area contributed by atoms with Gasteiger partial charge in [0.2, 0.25) is 0 Å². The number of aromatic nitrogens is 4. The topological polar surface area (TPSA) is 56.0 Å². The maximum Gasteiger partial charge on any atom is 0.276 e. The maximum absolute atomic E-state index is 13.2. The van der Waals surface area contributed by atoms with Crippen molar-refractivity contribution < 1.29 is 4.79 Å². The fourth-order valence-corrected chi connectivity index (χ4v) is 3.60. The predicted molar refractivity (Wildman–Crippen MR) is 98.0 cm³/mol. The van der Waals surface area contributed by atoms with E-state index in [-0.39, 0.29) is 5.91 Å². The first kappa shape index (κ1) is 15.9. The second kappa shape index (κ2) is 5.72. The van der Waals surface area contributed by atoms with E-state index in [0.717, 1.165) is 41.8 Å². The Morgan fingerprint density at radius 2 is 2.04 bits per heavy atom. The van der Waals surface area contributed by atoms with Gasteiger partial charge in [0.1, 0.15) is 5.69 Å². The summed E-state index contributed by atoms with van der Waals surface area (Å²) in [5.74, 6) is 0.313. The molecule has 1 aromatic carbocycles. The molecule has 0 saturated carbocycles. The SMILES string of the molecule is CC(C)c1cc(C(=O)N2CCCc3c2ccc2c3ncn2C)n(C)n1. The zero-order valence-corrected chi connectivity index (χ0v) is 15.2. The van der Waals surface area contributed by atoms with Gasteiger partial charge in [-0.05, 0) is 37.0 Å². The molecule has 25 heavy (non-hydrogen) atoms. The monoisotopic (exact) mass is 337 g/mol. The summed E-state index contributed by atoms with van der Waals surface area (Å²) in [4.78, 5) is 19.6. The van der Waals surface area contributed by atoms with Gasteiger partial charge in [-0.2, -0.15) is 5.10 Å². The van der Waals surface area contributed by atoms with Gasteiger partial charge in [0.15, 0.2) is 0 Å². The minimum absolute atomic E-state index is 0.0122. The molecule has 6 nitrogen and oxygen atoms in total. The number of fused-ring (bicyclic) bond motifs is 3. The molecule has 0 unspecified atom stereocenters. The molecule has 0 aliphatic carbocycles. The summed E-state index contributed by atoms with van der Waals surface area (Å²) in [6.45, 7) is 4.90. The van der Waals surface area contributed by atoms with Crippen molar-refractivity contribution in [2.75, 3.05) is 11.4 Å². The van der Waals surface area contributed by atoms with Crippen LogP contribution in [-0.4, -0.2) is 31.8 Å². The van der Waals surface area contributed by atoms with Gasteiger partial charge in [-0.15, -0.1) is 0 Å². The van der Waals surface area contributed by atoms with Crippen LogP contribution in [-0.2, 0) is 20.5 Å². The van der Waals surface area contributed by atoms with Crippen molar-refractivity contribution in [3.63, 3.8) is 0 Å².